The predicted molar refractivity (Wildman–Crippen MR) is 68.6 cm³/mol. The minimum atomic E-state index is 0.838. The molecule has 1 rings (SSSR count). The molecule has 1 atom stereocenters. The summed E-state index contributed by atoms with van der Waals surface area (Å²) in [5.41, 5.74) is 0. The molecule has 1 heterocycles. The molecule has 0 bridgehead atoms. The van der Waals surface area contributed by atoms with Gasteiger partial charge in [0.1, 0.15) is 0 Å². The Hall–Kier alpha value is 0.250. The maximum absolute atomic E-state index is 5.81. The van der Waals surface area contributed by atoms with Gasteiger partial charge in [-0.15, -0.1) is 11.6 Å². The quantitative estimate of drug-likeness (QED) is 0.630. The van der Waals surface area contributed by atoms with Gasteiger partial charge in [-0.25, -0.2) is 0 Å². The summed E-state index contributed by atoms with van der Waals surface area (Å²) in [4.78, 5) is 2.64. The molecule has 0 saturated carbocycles. The van der Waals surface area contributed by atoms with Crippen molar-refractivity contribution in [2.24, 2.45) is 11.8 Å². The van der Waals surface area contributed by atoms with Gasteiger partial charge < -0.3 is 4.90 Å². The minimum Gasteiger partial charge on any atom is -0.303 e. The van der Waals surface area contributed by atoms with E-state index < -0.39 is 0 Å². The van der Waals surface area contributed by atoms with Crippen LogP contribution in [-0.2, 0) is 0 Å². The smallest absolute Gasteiger partial charge is 0.0226 e. The first-order chi connectivity index (χ1) is 7.22. The summed E-state index contributed by atoms with van der Waals surface area (Å²) in [6, 6.07) is 0. The number of rotatable bonds is 6. The monoisotopic (exact) mass is 231 g/mol. The Morgan fingerprint density at radius 2 is 2.20 bits per heavy atom. The van der Waals surface area contributed by atoms with Crippen molar-refractivity contribution in [3.8, 4) is 0 Å². The fourth-order valence-corrected chi connectivity index (χ4v) is 2.78. The molecule has 1 aliphatic rings. The van der Waals surface area contributed by atoms with E-state index in [0.29, 0.717) is 0 Å². The van der Waals surface area contributed by atoms with Gasteiger partial charge >= 0.3 is 0 Å². The zero-order chi connectivity index (χ0) is 11.1. The van der Waals surface area contributed by atoms with Crippen molar-refractivity contribution in [3.05, 3.63) is 0 Å². The van der Waals surface area contributed by atoms with Crippen LogP contribution in [-0.4, -0.2) is 30.4 Å². The number of piperidine rings is 1. The van der Waals surface area contributed by atoms with Gasteiger partial charge in [0.25, 0.3) is 0 Å². The molecule has 1 nitrogen and oxygen atoms in total. The zero-order valence-electron chi connectivity index (χ0n) is 10.3. The number of hydrogen-bond acceptors (Lipinski definition) is 1. The molecule has 0 spiro atoms. The highest BCUT2D eigenvalue weighted by atomic mass is 35.5. The zero-order valence-corrected chi connectivity index (χ0v) is 11.1. The van der Waals surface area contributed by atoms with E-state index in [1.807, 2.05) is 0 Å². The van der Waals surface area contributed by atoms with Crippen LogP contribution in [0.4, 0.5) is 0 Å². The molecule has 0 aromatic carbocycles. The predicted octanol–water partition coefficient (Wildman–Crippen LogP) is 3.76. The Kier molecular flexibility index (Phi) is 6.67. The largest absolute Gasteiger partial charge is 0.303 e. The lowest BCUT2D eigenvalue weighted by Gasteiger charge is -2.32. The molecular formula is C13H26ClN. The highest BCUT2D eigenvalue weighted by molar-refractivity contribution is 6.17. The van der Waals surface area contributed by atoms with Gasteiger partial charge in [0, 0.05) is 12.4 Å². The van der Waals surface area contributed by atoms with Crippen molar-refractivity contribution in [2.45, 2.75) is 46.0 Å². The van der Waals surface area contributed by atoms with E-state index in [2.05, 4.69) is 18.7 Å². The maximum Gasteiger partial charge on any atom is 0.0226 e. The highest BCUT2D eigenvalue weighted by Crippen LogP contribution is 2.20. The van der Waals surface area contributed by atoms with E-state index in [4.69, 9.17) is 11.6 Å². The van der Waals surface area contributed by atoms with E-state index in [1.165, 1.54) is 51.7 Å². The van der Waals surface area contributed by atoms with Crippen molar-refractivity contribution in [2.75, 3.05) is 25.5 Å². The van der Waals surface area contributed by atoms with Gasteiger partial charge in [0.05, 0.1) is 0 Å². The topological polar surface area (TPSA) is 3.24 Å². The van der Waals surface area contributed by atoms with Crippen molar-refractivity contribution < 1.29 is 0 Å². The molecule has 1 saturated heterocycles. The molecule has 90 valence electrons. The van der Waals surface area contributed by atoms with Crippen LogP contribution in [0.3, 0.4) is 0 Å². The molecular weight excluding hydrogens is 206 g/mol. The van der Waals surface area contributed by atoms with E-state index in [-0.39, 0.29) is 0 Å². The number of halogens is 1. The summed E-state index contributed by atoms with van der Waals surface area (Å²) in [5.74, 6) is 2.56. The fraction of sp³-hybridized carbons (Fsp3) is 1.00. The summed E-state index contributed by atoms with van der Waals surface area (Å²) in [6.07, 6.45) is 6.72. The Morgan fingerprint density at radius 3 is 2.87 bits per heavy atom. The molecule has 0 aliphatic carbocycles. The van der Waals surface area contributed by atoms with Crippen molar-refractivity contribution in [3.63, 3.8) is 0 Å². The van der Waals surface area contributed by atoms with Crippen LogP contribution in [0.25, 0.3) is 0 Å². The standard InChI is InChI=1S/C13H26ClN/c1-12(2)5-3-9-15-10-4-6-13(11-15)7-8-14/h12-13H,3-11H2,1-2H3. The molecule has 1 aliphatic heterocycles. The van der Waals surface area contributed by atoms with Gasteiger partial charge in [0.2, 0.25) is 0 Å². The summed E-state index contributed by atoms with van der Waals surface area (Å²) < 4.78 is 0. The summed E-state index contributed by atoms with van der Waals surface area (Å²) in [6.45, 7) is 8.54. The van der Waals surface area contributed by atoms with E-state index in [9.17, 15) is 0 Å². The van der Waals surface area contributed by atoms with Crippen LogP contribution in [0.5, 0.6) is 0 Å². The number of likely N-dealkylation sites (tertiary alicyclic amines) is 1. The van der Waals surface area contributed by atoms with Gasteiger partial charge in [-0.3, -0.25) is 0 Å². The molecule has 0 N–H and O–H groups in total. The first kappa shape index (κ1) is 13.3. The van der Waals surface area contributed by atoms with Gasteiger partial charge in [0.15, 0.2) is 0 Å². The maximum atomic E-state index is 5.81. The first-order valence-corrected chi connectivity index (χ1v) is 7.04. The second kappa shape index (κ2) is 7.51. The third-order valence-electron chi connectivity index (χ3n) is 3.38. The number of hydrogen-bond donors (Lipinski definition) is 0. The van der Waals surface area contributed by atoms with Crippen molar-refractivity contribution in [1.29, 1.82) is 0 Å². The van der Waals surface area contributed by atoms with Crippen LogP contribution in [0.15, 0.2) is 0 Å². The van der Waals surface area contributed by atoms with Gasteiger partial charge in [-0.05, 0) is 57.0 Å². The molecule has 0 amide bonds. The molecule has 0 aromatic heterocycles. The second-order valence-electron chi connectivity index (χ2n) is 5.32. The lowest BCUT2D eigenvalue weighted by Crippen LogP contribution is -2.36. The van der Waals surface area contributed by atoms with Crippen LogP contribution in [0, 0.1) is 11.8 Å². The highest BCUT2D eigenvalue weighted by Gasteiger charge is 2.18. The number of nitrogens with zero attached hydrogens (tertiary/aromatic N) is 1. The Bertz CT molecular complexity index is 157. The Labute approximate surface area is 100 Å². The lowest BCUT2D eigenvalue weighted by molar-refractivity contribution is 0.168. The van der Waals surface area contributed by atoms with Crippen molar-refractivity contribution in [1.82, 2.24) is 4.90 Å². The summed E-state index contributed by atoms with van der Waals surface area (Å²) in [5, 5.41) is 0. The van der Waals surface area contributed by atoms with Crippen LogP contribution in [0.2, 0.25) is 0 Å². The van der Waals surface area contributed by atoms with Crippen molar-refractivity contribution >= 4 is 11.6 Å². The Morgan fingerprint density at radius 1 is 1.40 bits per heavy atom. The van der Waals surface area contributed by atoms with Crippen LogP contribution >= 0.6 is 11.6 Å². The molecule has 15 heavy (non-hydrogen) atoms. The molecule has 1 unspecified atom stereocenters. The van der Waals surface area contributed by atoms with Crippen LogP contribution in [0.1, 0.15) is 46.0 Å². The van der Waals surface area contributed by atoms with Crippen LogP contribution < -0.4 is 0 Å². The Balaban J connectivity index is 2.12. The average Bonchev–Trinajstić information content (AvgIpc) is 2.18. The molecule has 1 fully saturated rings. The summed E-state index contributed by atoms with van der Waals surface area (Å²) >= 11 is 5.81. The summed E-state index contributed by atoms with van der Waals surface area (Å²) in [7, 11) is 0. The van der Waals surface area contributed by atoms with Gasteiger partial charge in [-0.2, -0.15) is 0 Å². The third kappa shape index (κ3) is 5.77. The normalized spacial score (nSPS) is 23.6. The minimum absolute atomic E-state index is 0.838. The van der Waals surface area contributed by atoms with E-state index in [1.54, 1.807) is 0 Å². The molecule has 0 aromatic rings. The lowest BCUT2D eigenvalue weighted by atomic mass is 9.95. The molecule has 2 heteroatoms. The first-order valence-electron chi connectivity index (χ1n) is 6.50. The second-order valence-corrected chi connectivity index (χ2v) is 5.70. The van der Waals surface area contributed by atoms with E-state index >= 15 is 0 Å². The number of alkyl halides is 1. The SMILES string of the molecule is CC(C)CCCN1CCCC(CCCl)C1. The average molecular weight is 232 g/mol. The molecule has 0 radical (unpaired) electrons. The third-order valence-corrected chi connectivity index (χ3v) is 3.59. The van der Waals surface area contributed by atoms with Gasteiger partial charge in [-0.1, -0.05) is 13.8 Å². The fourth-order valence-electron chi connectivity index (χ4n) is 2.47. The van der Waals surface area contributed by atoms with E-state index in [0.717, 1.165) is 17.7 Å².